The smallest absolute Gasteiger partial charge is 0.229 e. The van der Waals surface area contributed by atoms with Crippen LogP contribution in [0.25, 0.3) is 0 Å². The van der Waals surface area contributed by atoms with Crippen molar-refractivity contribution in [3.63, 3.8) is 0 Å². The number of hydrogen-bond acceptors (Lipinski definition) is 7. The molecule has 2 aromatic rings. The quantitative estimate of drug-likeness (QED) is 0.773. The molecule has 8 heteroatoms. The summed E-state index contributed by atoms with van der Waals surface area (Å²) in [7, 11) is 0. The Labute approximate surface area is 96.2 Å². The highest BCUT2D eigenvalue weighted by Crippen LogP contribution is 2.19. The molecular weight excluding hydrogens is 228 g/mol. The first-order chi connectivity index (χ1) is 7.65. The molecule has 0 aromatic carbocycles. The monoisotopic (exact) mass is 240 g/mol. The molecule has 86 valence electrons. The minimum absolute atomic E-state index is 0.241. The van der Waals surface area contributed by atoms with Crippen molar-refractivity contribution in [3.05, 3.63) is 11.7 Å². The van der Waals surface area contributed by atoms with Gasteiger partial charge < -0.3 is 10.3 Å². The first-order valence-corrected chi connectivity index (χ1v) is 5.77. The highest BCUT2D eigenvalue weighted by Gasteiger charge is 2.11. The largest absolute Gasteiger partial charge is 0.368 e. The maximum atomic E-state index is 5.40. The number of anilines is 1. The standard InChI is InChI=1S/C8H12N6OS/c1-4(2)6-10-5(14-15-6)3-16-8-11-7(9)12-13-8/h4H,3H2,1-2H3,(H3,9,11,12,13). The fraction of sp³-hybridized carbons (Fsp3) is 0.500. The molecule has 0 atom stereocenters. The number of nitrogens with one attached hydrogen (secondary N) is 1. The van der Waals surface area contributed by atoms with Gasteiger partial charge in [-0.25, -0.2) is 5.10 Å². The van der Waals surface area contributed by atoms with E-state index in [0.29, 0.717) is 28.6 Å². The third-order valence-electron chi connectivity index (χ3n) is 1.79. The van der Waals surface area contributed by atoms with E-state index in [4.69, 9.17) is 10.3 Å². The van der Waals surface area contributed by atoms with Crippen molar-refractivity contribution in [2.24, 2.45) is 0 Å². The molecule has 2 heterocycles. The van der Waals surface area contributed by atoms with Gasteiger partial charge in [0.15, 0.2) is 5.82 Å². The summed E-state index contributed by atoms with van der Waals surface area (Å²) in [5.41, 5.74) is 5.40. The van der Waals surface area contributed by atoms with E-state index in [9.17, 15) is 0 Å². The summed E-state index contributed by atoms with van der Waals surface area (Å²) in [5.74, 6) is 2.39. The van der Waals surface area contributed by atoms with Crippen molar-refractivity contribution < 1.29 is 4.52 Å². The van der Waals surface area contributed by atoms with E-state index in [0.717, 1.165) is 0 Å². The van der Waals surface area contributed by atoms with E-state index in [1.54, 1.807) is 0 Å². The van der Waals surface area contributed by atoms with Crippen molar-refractivity contribution in [1.29, 1.82) is 0 Å². The lowest BCUT2D eigenvalue weighted by molar-refractivity contribution is 0.362. The third-order valence-corrected chi connectivity index (χ3v) is 2.63. The Morgan fingerprint density at radius 3 is 2.81 bits per heavy atom. The Hall–Kier alpha value is -1.57. The van der Waals surface area contributed by atoms with Crippen molar-refractivity contribution >= 4 is 17.7 Å². The van der Waals surface area contributed by atoms with Crippen LogP contribution in [0.15, 0.2) is 9.68 Å². The predicted molar refractivity (Wildman–Crippen MR) is 58.7 cm³/mol. The molecule has 0 amide bonds. The van der Waals surface area contributed by atoms with Gasteiger partial charge in [-0.3, -0.25) is 0 Å². The molecule has 0 aliphatic rings. The maximum absolute atomic E-state index is 5.40. The zero-order valence-corrected chi connectivity index (χ0v) is 9.78. The number of aromatic amines is 1. The second-order valence-electron chi connectivity index (χ2n) is 3.50. The average molecular weight is 240 g/mol. The fourth-order valence-electron chi connectivity index (χ4n) is 1.01. The zero-order chi connectivity index (χ0) is 11.5. The number of H-pyrrole nitrogens is 1. The topological polar surface area (TPSA) is 107 Å². The van der Waals surface area contributed by atoms with Gasteiger partial charge in [0.05, 0.1) is 5.75 Å². The Morgan fingerprint density at radius 1 is 1.44 bits per heavy atom. The van der Waals surface area contributed by atoms with Gasteiger partial charge in [0.2, 0.25) is 17.0 Å². The van der Waals surface area contributed by atoms with Crippen molar-refractivity contribution in [1.82, 2.24) is 25.3 Å². The minimum atomic E-state index is 0.241. The molecule has 2 rings (SSSR count). The Balaban J connectivity index is 1.94. The molecule has 7 nitrogen and oxygen atoms in total. The van der Waals surface area contributed by atoms with Gasteiger partial charge in [-0.1, -0.05) is 30.8 Å². The molecule has 0 unspecified atom stereocenters. The van der Waals surface area contributed by atoms with Crippen molar-refractivity contribution in [3.8, 4) is 0 Å². The van der Waals surface area contributed by atoms with E-state index in [1.165, 1.54) is 11.8 Å². The number of rotatable bonds is 4. The summed E-state index contributed by atoms with van der Waals surface area (Å²) in [6.45, 7) is 4.00. The Kier molecular flexibility index (Phi) is 3.09. The van der Waals surface area contributed by atoms with E-state index in [-0.39, 0.29) is 5.92 Å². The van der Waals surface area contributed by atoms with Crippen LogP contribution in [0.1, 0.15) is 31.5 Å². The zero-order valence-electron chi connectivity index (χ0n) is 8.97. The molecule has 16 heavy (non-hydrogen) atoms. The van der Waals surface area contributed by atoms with E-state index < -0.39 is 0 Å². The average Bonchev–Trinajstić information content (AvgIpc) is 2.83. The second kappa shape index (κ2) is 4.52. The fourth-order valence-corrected chi connectivity index (χ4v) is 1.66. The van der Waals surface area contributed by atoms with Gasteiger partial charge in [0.25, 0.3) is 0 Å². The summed E-state index contributed by atoms with van der Waals surface area (Å²) in [4.78, 5) is 8.19. The van der Waals surface area contributed by atoms with Gasteiger partial charge in [0.1, 0.15) is 0 Å². The van der Waals surface area contributed by atoms with Gasteiger partial charge in [-0.15, -0.1) is 5.10 Å². The number of thioether (sulfide) groups is 1. The van der Waals surface area contributed by atoms with Crippen LogP contribution in [0.3, 0.4) is 0 Å². The van der Waals surface area contributed by atoms with Crippen LogP contribution >= 0.6 is 11.8 Å². The van der Waals surface area contributed by atoms with Crippen LogP contribution in [0, 0.1) is 0 Å². The van der Waals surface area contributed by atoms with E-state index in [1.807, 2.05) is 13.8 Å². The Morgan fingerprint density at radius 2 is 2.25 bits per heavy atom. The number of nitrogen functional groups attached to an aromatic ring is 1. The molecule has 0 saturated carbocycles. The molecule has 0 aliphatic heterocycles. The molecule has 0 bridgehead atoms. The second-order valence-corrected chi connectivity index (χ2v) is 4.44. The predicted octanol–water partition coefficient (Wildman–Crippen LogP) is 1.19. The molecule has 2 aromatic heterocycles. The molecular formula is C8H12N6OS. The molecule has 0 radical (unpaired) electrons. The van der Waals surface area contributed by atoms with E-state index in [2.05, 4.69) is 25.3 Å². The first kappa shape index (κ1) is 10.9. The van der Waals surface area contributed by atoms with Gasteiger partial charge in [-0.05, 0) is 0 Å². The van der Waals surface area contributed by atoms with E-state index >= 15 is 0 Å². The molecule has 0 aliphatic carbocycles. The van der Waals surface area contributed by atoms with Crippen molar-refractivity contribution in [2.75, 3.05) is 5.73 Å². The van der Waals surface area contributed by atoms with Crippen LogP contribution in [-0.4, -0.2) is 25.3 Å². The highest BCUT2D eigenvalue weighted by atomic mass is 32.2. The molecule has 0 fully saturated rings. The Bertz CT molecular complexity index is 465. The highest BCUT2D eigenvalue weighted by molar-refractivity contribution is 7.98. The van der Waals surface area contributed by atoms with Crippen LogP contribution < -0.4 is 5.73 Å². The van der Waals surface area contributed by atoms with Crippen LogP contribution in [0.2, 0.25) is 0 Å². The lowest BCUT2D eigenvalue weighted by atomic mass is 10.2. The van der Waals surface area contributed by atoms with Crippen LogP contribution in [-0.2, 0) is 5.75 Å². The first-order valence-electron chi connectivity index (χ1n) is 4.78. The van der Waals surface area contributed by atoms with Gasteiger partial charge in [0, 0.05) is 5.92 Å². The summed E-state index contributed by atoms with van der Waals surface area (Å²) in [5, 5.41) is 10.9. The SMILES string of the molecule is CC(C)c1nc(CSc2n[nH]c(N)n2)no1. The lowest BCUT2D eigenvalue weighted by Crippen LogP contribution is -1.89. The number of nitrogens with zero attached hydrogens (tertiary/aromatic N) is 4. The number of aromatic nitrogens is 5. The van der Waals surface area contributed by atoms with Gasteiger partial charge >= 0.3 is 0 Å². The summed E-state index contributed by atoms with van der Waals surface area (Å²) in [6, 6.07) is 0. The van der Waals surface area contributed by atoms with Crippen LogP contribution in [0.4, 0.5) is 5.95 Å². The normalized spacial score (nSPS) is 11.2. The number of hydrogen-bond donors (Lipinski definition) is 2. The summed E-state index contributed by atoms with van der Waals surface area (Å²) in [6.07, 6.45) is 0. The maximum Gasteiger partial charge on any atom is 0.229 e. The lowest BCUT2D eigenvalue weighted by Gasteiger charge is -1.92. The number of nitrogens with two attached hydrogens (primary N) is 1. The molecule has 0 spiro atoms. The molecule has 0 saturated heterocycles. The molecule has 3 N–H and O–H groups in total. The van der Waals surface area contributed by atoms with Gasteiger partial charge in [-0.2, -0.15) is 9.97 Å². The van der Waals surface area contributed by atoms with Crippen molar-refractivity contribution in [2.45, 2.75) is 30.7 Å². The summed E-state index contributed by atoms with van der Waals surface area (Å²) < 4.78 is 5.07. The summed E-state index contributed by atoms with van der Waals surface area (Å²) >= 11 is 1.40. The minimum Gasteiger partial charge on any atom is -0.368 e. The third kappa shape index (κ3) is 2.51. The van der Waals surface area contributed by atoms with Crippen LogP contribution in [0.5, 0.6) is 0 Å².